The molecule has 2 rings (SSSR count). The maximum atomic E-state index is 5.51. The number of aromatic amines is 1. The fourth-order valence-corrected chi connectivity index (χ4v) is 1.54. The van der Waals surface area contributed by atoms with Gasteiger partial charge >= 0.3 is 0 Å². The Morgan fingerprint density at radius 2 is 2.26 bits per heavy atom. The number of rotatable bonds is 7. The van der Waals surface area contributed by atoms with E-state index < -0.39 is 0 Å². The fourth-order valence-electron chi connectivity index (χ4n) is 1.54. The number of aromatic nitrogens is 5. The van der Waals surface area contributed by atoms with Gasteiger partial charge in [-0.25, -0.2) is 9.97 Å². The molecule has 0 aliphatic heterocycles. The summed E-state index contributed by atoms with van der Waals surface area (Å²) in [5.41, 5.74) is 0.878. The van der Waals surface area contributed by atoms with E-state index in [0.717, 1.165) is 24.4 Å². The zero-order valence-corrected chi connectivity index (χ0v) is 11.2. The first-order valence-corrected chi connectivity index (χ1v) is 6.34. The van der Waals surface area contributed by atoms with Crippen LogP contribution in [-0.4, -0.2) is 38.3 Å². The van der Waals surface area contributed by atoms with Gasteiger partial charge < -0.3 is 10.1 Å². The number of hydrogen-bond donors (Lipinski definition) is 2. The number of aryl methyl sites for hydroxylation is 1. The molecule has 2 N–H and O–H groups in total. The largest absolute Gasteiger partial charge is 0.478 e. The lowest BCUT2D eigenvalue weighted by Crippen LogP contribution is -2.10. The average Bonchev–Trinajstić information content (AvgIpc) is 2.89. The van der Waals surface area contributed by atoms with E-state index in [2.05, 4.69) is 37.4 Å². The Balaban J connectivity index is 1.90. The van der Waals surface area contributed by atoms with Gasteiger partial charge in [0.2, 0.25) is 11.8 Å². The molecule has 0 unspecified atom stereocenters. The Bertz CT molecular complexity index is 499. The lowest BCUT2D eigenvalue weighted by Gasteiger charge is -2.08. The van der Waals surface area contributed by atoms with Crippen LogP contribution in [0.5, 0.6) is 5.88 Å². The number of nitrogens with zero attached hydrogens (tertiary/aromatic N) is 4. The summed E-state index contributed by atoms with van der Waals surface area (Å²) < 4.78 is 5.51. The van der Waals surface area contributed by atoms with Crippen LogP contribution in [0.4, 0.5) is 5.95 Å². The van der Waals surface area contributed by atoms with E-state index in [1.54, 1.807) is 0 Å². The Morgan fingerprint density at radius 3 is 3.00 bits per heavy atom. The fraction of sp³-hybridized carbons (Fsp3) is 0.500. The summed E-state index contributed by atoms with van der Waals surface area (Å²) in [6.07, 6.45) is 3.19. The van der Waals surface area contributed by atoms with Gasteiger partial charge in [0.05, 0.1) is 6.61 Å². The van der Waals surface area contributed by atoms with Crippen LogP contribution in [-0.2, 0) is 6.42 Å². The highest BCUT2D eigenvalue weighted by Crippen LogP contribution is 2.12. The van der Waals surface area contributed by atoms with Crippen LogP contribution in [0.15, 0.2) is 12.4 Å². The Morgan fingerprint density at radius 1 is 1.37 bits per heavy atom. The molecule has 0 aliphatic rings. The first-order valence-electron chi connectivity index (χ1n) is 6.34. The molecule has 0 aromatic carbocycles. The minimum absolute atomic E-state index is 0.575. The summed E-state index contributed by atoms with van der Waals surface area (Å²) in [5.74, 6) is 2.02. The molecule has 7 nitrogen and oxygen atoms in total. The van der Waals surface area contributed by atoms with Gasteiger partial charge in [-0.3, -0.25) is 5.10 Å². The van der Waals surface area contributed by atoms with Crippen LogP contribution in [0.25, 0.3) is 0 Å². The molecule has 2 heterocycles. The molecule has 0 amide bonds. The lowest BCUT2D eigenvalue weighted by atomic mass is 10.4. The zero-order valence-electron chi connectivity index (χ0n) is 11.2. The number of H-pyrrole nitrogens is 1. The van der Waals surface area contributed by atoms with Gasteiger partial charge in [0.1, 0.15) is 12.2 Å². The number of anilines is 1. The van der Waals surface area contributed by atoms with Gasteiger partial charge in [-0.2, -0.15) is 10.1 Å². The third kappa shape index (κ3) is 4.20. The van der Waals surface area contributed by atoms with Crippen molar-refractivity contribution in [3.05, 3.63) is 23.9 Å². The maximum absolute atomic E-state index is 5.51. The normalized spacial score (nSPS) is 10.4. The number of ether oxygens (including phenoxy) is 1. The van der Waals surface area contributed by atoms with Gasteiger partial charge in [0, 0.05) is 24.7 Å². The predicted molar refractivity (Wildman–Crippen MR) is 71.1 cm³/mol. The maximum Gasteiger partial charge on any atom is 0.226 e. The van der Waals surface area contributed by atoms with E-state index >= 15 is 0 Å². The standard InChI is InChI=1S/C12H18N6O/c1-3-6-19-11-7-9(2)16-12(17-11)13-5-4-10-14-8-15-18-10/h7-8H,3-6H2,1-2H3,(H,13,16,17)(H,14,15,18). The summed E-state index contributed by atoms with van der Waals surface area (Å²) >= 11 is 0. The lowest BCUT2D eigenvalue weighted by molar-refractivity contribution is 0.305. The molecule has 0 bridgehead atoms. The summed E-state index contributed by atoms with van der Waals surface area (Å²) in [4.78, 5) is 12.7. The van der Waals surface area contributed by atoms with Crippen LogP contribution in [0.1, 0.15) is 24.9 Å². The topological polar surface area (TPSA) is 88.6 Å². The molecule has 19 heavy (non-hydrogen) atoms. The molecule has 0 saturated carbocycles. The van der Waals surface area contributed by atoms with Crippen molar-refractivity contribution < 1.29 is 4.74 Å². The Labute approximate surface area is 111 Å². The van der Waals surface area contributed by atoms with Gasteiger partial charge in [0.15, 0.2) is 0 Å². The van der Waals surface area contributed by atoms with Crippen LogP contribution in [0.2, 0.25) is 0 Å². The molecule has 2 aromatic heterocycles. The molecule has 0 atom stereocenters. The molecule has 7 heteroatoms. The minimum Gasteiger partial charge on any atom is -0.478 e. The smallest absolute Gasteiger partial charge is 0.226 e. The monoisotopic (exact) mass is 262 g/mol. The minimum atomic E-state index is 0.575. The van der Waals surface area contributed by atoms with E-state index in [0.29, 0.717) is 25.0 Å². The third-order valence-corrected chi connectivity index (χ3v) is 2.39. The van der Waals surface area contributed by atoms with E-state index in [1.165, 1.54) is 6.33 Å². The van der Waals surface area contributed by atoms with Gasteiger partial charge in [-0.1, -0.05) is 6.92 Å². The number of hydrogen-bond acceptors (Lipinski definition) is 6. The quantitative estimate of drug-likeness (QED) is 0.783. The molecule has 2 aromatic rings. The Kier molecular flexibility index (Phi) is 4.66. The average molecular weight is 262 g/mol. The molecule has 0 spiro atoms. The van der Waals surface area contributed by atoms with Crippen molar-refractivity contribution in [3.8, 4) is 5.88 Å². The van der Waals surface area contributed by atoms with Crippen LogP contribution >= 0.6 is 0 Å². The van der Waals surface area contributed by atoms with E-state index in [9.17, 15) is 0 Å². The van der Waals surface area contributed by atoms with Crippen molar-refractivity contribution >= 4 is 5.95 Å². The van der Waals surface area contributed by atoms with Gasteiger partial charge in [-0.15, -0.1) is 0 Å². The summed E-state index contributed by atoms with van der Waals surface area (Å²) in [7, 11) is 0. The van der Waals surface area contributed by atoms with E-state index in [-0.39, 0.29) is 0 Å². The molecule has 102 valence electrons. The highest BCUT2D eigenvalue weighted by atomic mass is 16.5. The summed E-state index contributed by atoms with van der Waals surface area (Å²) in [6, 6.07) is 1.83. The van der Waals surface area contributed by atoms with Crippen LogP contribution in [0, 0.1) is 6.92 Å². The molecule has 0 radical (unpaired) electrons. The molecule has 0 fully saturated rings. The molecule has 0 saturated heterocycles. The molecule has 0 aliphatic carbocycles. The van der Waals surface area contributed by atoms with Crippen molar-refractivity contribution in [2.75, 3.05) is 18.5 Å². The van der Waals surface area contributed by atoms with Crippen LogP contribution < -0.4 is 10.1 Å². The first-order chi connectivity index (χ1) is 9.28. The summed E-state index contributed by atoms with van der Waals surface area (Å²) in [6.45, 7) is 5.33. The molecular weight excluding hydrogens is 244 g/mol. The van der Waals surface area contributed by atoms with Crippen molar-refractivity contribution in [1.82, 2.24) is 25.1 Å². The van der Waals surface area contributed by atoms with Crippen molar-refractivity contribution in [2.24, 2.45) is 0 Å². The van der Waals surface area contributed by atoms with E-state index in [1.807, 2.05) is 13.0 Å². The second-order valence-electron chi connectivity index (χ2n) is 4.13. The second kappa shape index (κ2) is 6.67. The van der Waals surface area contributed by atoms with Crippen LogP contribution in [0.3, 0.4) is 0 Å². The van der Waals surface area contributed by atoms with Crippen molar-refractivity contribution in [2.45, 2.75) is 26.7 Å². The zero-order chi connectivity index (χ0) is 13.5. The summed E-state index contributed by atoms with van der Waals surface area (Å²) in [5, 5.41) is 9.75. The SMILES string of the molecule is CCCOc1cc(C)nc(NCCc2ncn[nH]2)n1. The van der Waals surface area contributed by atoms with Gasteiger partial charge in [-0.05, 0) is 13.3 Å². The second-order valence-corrected chi connectivity index (χ2v) is 4.13. The van der Waals surface area contributed by atoms with Crippen molar-refractivity contribution in [1.29, 1.82) is 0 Å². The number of nitrogens with one attached hydrogen (secondary N) is 2. The Hall–Kier alpha value is -2.18. The highest BCUT2D eigenvalue weighted by Gasteiger charge is 2.03. The van der Waals surface area contributed by atoms with Crippen molar-refractivity contribution in [3.63, 3.8) is 0 Å². The highest BCUT2D eigenvalue weighted by molar-refractivity contribution is 5.30. The predicted octanol–water partition coefficient (Wildman–Crippen LogP) is 1.35. The van der Waals surface area contributed by atoms with Gasteiger partial charge in [0.25, 0.3) is 0 Å². The third-order valence-electron chi connectivity index (χ3n) is 2.39. The molecular formula is C12H18N6O. The first kappa shape index (κ1) is 13.3. The van der Waals surface area contributed by atoms with E-state index in [4.69, 9.17) is 4.74 Å².